The van der Waals surface area contributed by atoms with Gasteiger partial charge in [-0.1, -0.05) is 25.1 Å². The van der Waals surface area contributed by atoms with Gasteiger partial charge in [-0.2, -0.15) is 0 Å². The van der Waals surface area contributed by atoms with Crippen molar-refractivity contribution in [1.82, 2.24) is 5.32 Å². The average molecular weight is 225 g/mol. The second kappa shape index (κ2) is 5.97. The summed E-state index contributed by atoms with van der Waals surface area (Å²) in [6.45, 7) is 8.02. The Morgan fingerprint density at radius 2 is 2.00 bits per heavy atom. The highest BCUT2D eigenvalue weighted by atomic mass is 19.1. The number of nitrogens with one attached hydrogen (secondary N) is 1. The smallest absolute Gasteiger partial charge is 0.128 e. The third-order valence-electron chi connectivity index (χ3n) is 2.38. The van der Waals surface area contributed by atoms with Crippen molar-refractivity contribution in [2.75, 3.05) is 13.1 Å². The lowest BCUT2D eigenvalue weighted by atomic mass is 10.1. The first-order valence-corrected chi connectivity index (χ1v) is 5.63. The number of hydrogen-bond acceptors (Lipinski definition) is 2. The third-order valence-corrected chi connectivity index (χ3v) is 2.38. The minimum Gasteiger partial charge on any atom is -0.369 e. The maximum Gasteiger partial charge on any atom is 0.128 e. The van der Waals surface area contributed by atoms with E-state index in [0.29, 0.717) is 12.2 Å². The van der Waals surface area contributed by atoms with Crippen molar-refractivity contribution < 1.29 is 9.13 Å². The van der Waals surface area contributed by atoms with Gasteiger partial charge in [0.1, 0.15) is 5.82 Å². The summed E-state index contributed by atoms with van der Waals surface area (Å²) >= 11 is 0. The van der Waals surface area contributed by atoms with Gasteiger partial charge in [0.15, 0.2) is 0 Å². The molecule has 0 radical (unpaired) electrons. The van der Waals surface area contributed by atoms with E-state index in [2.05, 4.69) is 5.32 Å². The molecule has 16 heavy (non-hydrogen) atoms. The van der Waals surface area contributed by atoms with Gasteiger partial charge in [-0.3, -0.25) is 0 Å². The molecule has 0 saturated heterocycles. The highest BCUT2D eigenvalue weighted by Crippen LogP contribution is 2.14. The molecule has 3 heteroatoms. The molecule has 1 aromatic rings. The van der Waals surface area contributed by atoms with E-state index in [1.807, 2.05) is 26.8 Å². The summed E-state index contributed by atoms with van der Waals surface area (Å²) in [6.07, 6.45) is 0. The molecule has 0 aliphatic carbocycles. The standard InChI is InChI=1S/C13H20FNO/c1-4-15-10-13(2,3)16-9-11-7-5-6-8-12(11)14/h5-8,15H,4,9-10H2,1-3H3. The Bertz CT molecular complexity index is 325. The van der Waals surface area contributed by atoms with Crippen LogP contribution in [0.2, 0.25) is 0 Å². The monoisotopic (exact) mass is 225 g/mol. The lowest BCUT2D eigenvalue weighted by Crippen LogP contribution is -2.37. The Morgan fingerprint density at radius 1 is 1.31 bits per heavy atom. The molecular formula is C13H20FNO. The van der Waals surface area contributed by atoms with Crippen LogP contribution in [0.3, 0.4) is 0 Å². The molecule has 0 fully saturated rings. The van der Waals surface area contributed by atoms with Crippen LogP contribution in [-0.4, -0.2) is 18.7 Å². The van der Waals surface area contributed by atoms with E-state index >= 15 is 0 Å². The number of ether oxygens (including phenoxy) is 1. The predicted octanol–water partition coefficient (Wildman–Crippen LogP) is 2.73. The van der Waals surface area contributed by atoms with Crippen molar-refractivity contribution in [1.29, 1.82) is 0 Å². The molecule has 0 unspecified atom stereocenters. The minimum atomic E-state index is -0.279. The largest absolute Gasteiger partial charge is 0.369 e. The summed E-state index contributed by atoms with van der Waals surface area (Å²) in [4.78, 5) is 0. The third kappa shape index (κ3) is 4.29. The van der Waals surface area contributed by atoms with Crippen molar-refractivity contribution in [2.45, 2.75) is 33.0 Å². The second-order valence-corrected chi connectivity index (χ2v) is 4.42. The number of hydrogen-bond donors (Lipinski definition) is 1. The molecule has 0 aliphatic heterocycles. The Kier molecular flexibility index (Phi) is 4.90. The molecule has 0 spiro atoms. The summed E-state index contributed by atoms with van der Waals surface area (Å²) < 4.78 is 19.0. The molecule has 2 nitrogen and oxygen atoms in total. The molecule has 90 valence electrons. The zero-order valence-electron chi connectivity index (χ0n) is 10.2. The highest BCUT2D eigenvalue weighted by Gasteiger charge is 2.18. The minimum absolute atomic E-state index is 0.207. The molecule has 1 N–H and O–H groups in total. The van der Waals surface area contributed by atoms with E-state index in [0.717, 1.165) is 13.1 Å². The summed E-state index contributed by atoms with van der Waals surface area (Å²) in [7, 11) is 0. The van der Waals surface area contributed by atoms with Gasteiger partial charge in [0, 0.05) is 12.1 Å². The fraction of sp³-hybridized carbons (Fsp3) is 0.538. The molecule has 0 saturated carbocycles. The summed E-state index contributed by atoms with van der Waals surface area (Å²) in [5.74, 6) is -0.207. The highest BCUT2D eigenvalue weighted by molar-refractivity contribution is 5.16. The van der Waals surface area contributed by atoms with Gasteiger partial charge in [-0.25, -0.2) is 4.39 Å². The SMILES string of the molecule is CCNCC(C)(C)OCc1ccccc1F. The average Bonchev–Trinajstić information content (AvgIpc) is 2.26. The second-order valence-electron chi connectivity index (χ2n) is 4.42. The normalized spacial score (nSPS) is 11.8. The van der Waals surface area contributed by atoms with Crippen LogP contribution in [0.15, 0.2) is 24.3 Å². The Labute approximate surface area is 96.8 Å². The van der Waals surface area contributed by atoms with Crippen molar-refractivity contribution in [3.63, 3.8) is 0 Å². The molecule has 0 atom stereocenters. The lowest BCUT2D eigenvalue weighted by molar-refractivity contribution is -0.0286. The predicted molar refractivity (Wildman–Crippen MR) is 63.8 cm³/mol. The Balaban J connectivity index is 2.47. The van der Waals surface area contributed by atoms with Crippen molar-refractivity contribution >= 4 is 0 Å². The fourth-order valence-corrected chi connectivity index (χ4v) is 1.37. The van der Waals surface area contributed by atoms with Gasteiger partial charge in [-0.15, -0.1) is 0 Å². The number of halogens is 1. The van der Waals surface area contributed by atoms with Gasteiger partial charge in [0.2, 0.25) is 0 Å². The zero-order chi connectivity index (χ0) is 12.0. The van der Waals surface area contributed by atoms with Crippen LogP contribution in [0.1, 0.15) is 26.3 Å². The van der Waals surface area contributed by atoms with Gasteiger partial charge in [0.25, 0.3) is 0 Å². The van der Waals surface area contributed by atoms with E-state index in [1.165, 1.54) is 6.07 Å². The lowest BCUT2D eigenvalue weighted by Gasteiger charge is -2.25. The van der Waals surface area contributed by atoms with Crippen molar-refractivity contribution in [3.8, 4) is 0 Å². The fourth-order valence-electron chi connectivity index (χ4n) is 1.37. The number of rotatable bonds is 6. The zero-order valence-corrected chi connectivity index (χ0v) is 10.2. The Morgan fingerprint density at radius 3 is 2.62 bits per heavy atom. The first-order chi connectivity index (χ1) is 7.55. The maximum absolute atomic E-state index is 13.3. The summed E-state index contributed by atoms with van der Waals surface area (Å²) in [5.41, 5.74) is 0.324. The summed E-state index contributed by atoms with van der Waals surface area (Å²) in [6, 6.07) is 6.70. The molecule has 0 aromatic heterocycles. The van der Waals surface area contributed by atoms with E-state index in [9.17, 15) is 4.39 Å². The van der Waals surface area contributed by atoms with Gasteiger partial charge < -0.3 is 10.1 Å². The van der Waals surface area contributed by atoms with Crippen LogP contribution in [-0.2, 0) is 11.3 Å². The van der Waals surface area contributed by atoms with Crippen molar-refractivity contribution in [2.24, 2.45) is 0 Å². The first kappa shape index (κ1) is 13.1. The summed E-state index contributed by atoms with van der Waals surface area (Å²) in [5, 5.41) is 3.22. The van der Waals surface area contributed by atoms with Crippen LogP contribution >= 0.6 is 0 Å². The maximum atomic E-state index is 13.3. The van der Waals surface area contributed by atoms with Crippen LogP contribution in [0.5, 0.6) is 0 Å². The van der Waals surface area contributed by atoms with Crippen LogP contribution in [0.25, 0.3) is 0 Å². The molecule has 1 aromatic carbocycles. The molecule has 0 heterocycles. The van der Waals surface area contributed by atoms with Gasteiger partial charge >= 0.3 is 0 Å². The number of likely N-dealkylation sites (N-methyl/N-ethyl adjacent to an activating group) is 1. The van der Waals surface area contributed by atoms with E-state index < -0.39 is 0 Å². The number of benzene rings is 1. The molecule has 1 rings (SSSR count). The molecular weight excluding hydrogens is 205 g/mol. The van der Waals surface area contributed by atoms with Gasteiger partial charge in [-0.05, 0) is 26.5 Å². The quantitative estimate of drug-likeness (QED) is 0.803. The molecule has 0 bridgehead atoms. The van der Waals surface area contributed by atoms with Crippen LogP contribution in [0.4, 0.5) is 4.39 Å². The molecule has 0 aliphatic rings. The van der Waals surface area contributed by atoms with E-state index in [1.54, 1.807) is 12.1 Å². The van der Waals surface area contributed by atoms with Crippen LogP contribution < -0.4 is 5.32 Å². The van der Waals surface area contributed by atoms with Crippen molar-refractivity contribution in [3.05, 3.63) is 35.6 Å². The van der Waals surface area contributed by atoms with Crippen LogP contribution in [0, 0.1) is 5.82 Å². The molecule has 0 amide bonds. The first-order valence-electron chi connectivity index (χ1n) is 5.63. The van der Waals surface area contributed by atoms with E-state index in [-0.39, 0.29) is 11.4 Å². The Hall–Kier alpha value is -0.930. The van der Waals surface area contributed by atoms with Gasteiger partial charge in [0.05, 0.1) is 12.2 Å². The van der Waals surface area contributed by atoms with E-state index in [4.69, 9.17) is 4.74 Å². The topological polar surface area (TPSA) is 21.3 Å².